The molecule has 0 aliphatic rings. The number of hydrogen-bond acceptors (Lipinski definition) is 3. The SMILES string of the molecule is CC[C@H](C(=O)Nc1ccc(C)c(C)c1)n1ccc(C(=O)Nc2ccc(C)c(C)c2)n1. The largest absolute Gasteiger partial charge is 0.324 e. The molecule has 3 aromatic rings. The van der Waals surface area contributed by atoms with Gasteiger partial charge >= 0.3 is 0 Å². The van der Waals surface area contributed by atoms with Gasteiger partial charge in [0.1, 0.15) is 6.04 Å². The molecule has 0 spiro atoms. The second kappa shape index (κ2) is 8.95. The van der Waals surface area contributed by atoms with Crippen molar-refractivity contribution in [2.24, 2.45) is 0 Å². The van der Waals surface area contributed by atoms with Crippen LogP contribution >= 0.6 is 0 Å². The summed E-state index contributed by atoms with van der Waals surface area (Å²) in [6.07, 6.45) is 2.22. The molecule has 1 heterocycles. The van der Waals surface area contributed by atoms with Crippen molar-refractivity contribution in [3.05, 3.63) is 76.6 Å². The van der Waals surface area contributed by atoms with Gasteiger partial charge in [-0.1, -0.05) is 19.1 Å². The summed E-state index contributed by atoms with van der Waals surface area (Å²) >= 11 is 0. The standard InChI is InChI=1S/C24H28N4O2/c1-6-22(24(30)26-20-10-8-16(3)18(5)14-20)28-12-11-21(27-28)23(29)25-19-9-7-15(2)17(4)13-19/h7-14,22H,6H2,1-5H3,(H,25,29)(H,26,30)/t22-/m1/s1. The third-order valence-electron chi connectivity index (χ3n) is 5.39. The second-order valence-electron chi connectivity index (χ2n) is 7.65. The Morgan fingerprint density at radius 2 is 1.43 bits per heavy atom. The van der Waals surface area contributed by atoms with E-state index in [1.807, 2.05) is 71.0 Å². The van der Waals surface area contributed by atoms with Crippen LogP contribution in [-0.2, 0) is 4.79 Å². The highest BCUT2D eigenvalue weighted by molar-refractivity contribution is 6.03. The molecule has 2 N–H and O–H groups in total. The van der Waals surface area contributed by atoms with E-state index in [-0.39, 0.29) is 17.5 Å². The zero-order valence-electron chi connectivity index (χ0n) is 18.1. The van der Waals surface area contributed by atoms with Crippen LogP contribution in [0.3, 0.4) is 0 Å². The van der Waals surface area contributed by atoms with Gasteiger partial charge in [-0.3, -0.25) is 14.3 Å². The number of carbonyl (C=O) groups is 2. The van der Waals surface area contributed by atoms with Crippen LogP contribution in [0, 0.1) is 27.7 Å². The van der Waals surface area contributed by atoms with E-state index in [1.165, 1.54) is 5.56 Å². The van der Waals surface area contributed by atoms with E-state index in [0.717, 1.165) is 28.1 Å². The monoisotopic (exact) mass is 404 g/mol. The highest BCUT2D eigenvalue weighted by atomic mass is 16.2. The number of aromatic nitrogens is 2. The van der Waals surface area contributed by atoms with Gasteiger partial charge in [-0.25, -0.2) is 0 Å². The van der Waals surface area contributed by atoms with E-state index in [4.69, 9.17) is 0 Å². The van der Waals surface area contributed by atoms with Gasteiger partial charge in [0.25, 0.3) is 5.91 Å². The molecular formula is C24H28N4O2. The number of nitrogens with zero attached hydrogens (tertiary/aromatic N) is 2. The minimum atomic E-state index is -0.505. The van der Waals surface area contributed by atoms with E-state index < -0.39 is 6.04 Å². The van der Waals surface area contributed by atoms with Gasteiger partial charge in [0, 0.05) is 17.6 Å². The summed E-state index contributed by atoms with van der Waals surface area (Å²) in [5, 5.41) is 10.2. The van der Waals surface area contributed by atoms with Gasteiger partial charge in [-0.2, -0.15) is 5.10 Å². The van der Waals surface area contributed by atoms with E-state index >= 15 is 0 Å². The van der Waals surface area contributed by atoms with Gasteiger partial charge < -0.3 is 10.6 Å². The maximum absolute atomic E-state index is 12.8. The molecule has 0 radical (unpaired) electrons. The lowest BCUT2D eigenvalue weighted by atomic mass is 10.1. The minimum absolute atomic E-state index is 0.162. The molecule has 6 nitrogen and oxygen atoms in total. The minimum Gasteiger partial charge on any atom is -0.324 e. The molecule has 0 fully saturated rings. The molecule has 30 heavy (non-hydrogen) atoms. The van der Waals surface area contributed by atoms with Crippen molar-refractivity contribution < 1.29 is 9.59 Å². The van der Waals surface area contributed by atoms with E-state index in [1.54, 1.807) is 16.9 Å². The molecule has 0 saturated heterocycles. The average molecular weight is 405 g/mol. The van der Waals surface area contributed by atoms with Crippen LogP contribution in [0.1, 0.15) is 52.1 Å². The number of aryl methyl sites for hydroxylation is 4. The number of anilines is 2. The lowest BCUT2D eigenvalue weighted by Gasteiger charge is -2.16. The van der Waals surface area contributed by atoms with E-state index in [0.29, 0.717) is 6.42 Å². The Bertz CT molecular complexity index is 1080. The Morgan fingerprint density at radius 1 is 0.867 bits per heavy atom. The summed E-state index contributed by atoms with van der Waals surface area (Å²) in [5.41, 5.74) is 6.30. The first-order valence-corrected chi connectivity index (χ1v) is 10.1. The molecule has 2 amide bonds. The van der Waals surface area contributed by atoms with Gasteiger partial charge in [0.15, 0.2) is 5.69 Å². The average Bonchev–Trinajstić information content (AvgIpc) is 3.18. The normalized spacial score (nSPS) is 11.8. The van der Waals surface area contributed by atoms with E-state index in [9.17, 15) is 9.59 Å². The van der Waals surface area contributed by atoms with Gasteiger partial charge in [0.2, 0.25) is 5.91 Å². The van der Waals surface area contributed by atoms with Crippen molar-refractivity contribution in [2.75, 3.05) is 10.6 Å². The summed E-state index contributed by atoms with van der Waals surface area (Å²) in [7, 11) is 0. The summed E-state index contributed by atoms with van der Waals surface area (Å²) in [6.45, 7) is 9.98. The van der Waals surface area contributed by atoms with Gasteiger partial charge in [-0.15, -0.1) is 0 Å². The molecule has 3 rings (SSSR count). The van der Waals surface area contributed by atoms with Crippen molar-refractivity contribution >= 4 is 23.2 Å². The Labute approximate surface area is 177 Å². The first-order valence-electron chi connectivity index (χ1n) is 10.1. The number of hydrogen-bond donors (Lipinski definition) is 2. The second-order valence-corrected chi connectivity index (χ2v) is 7.65. The van der Waals surface area contributed by atoms with Crippen LogP contribution < -0.4 is 10.6 Å². The number of benzene rings is 2. The Hall–Kier alpha value is -3.41. The number of carbonyl (C=O) groups excluding carboxylic acids is 2. The highest BCUT2D eigenvalue weighted by Crippen LogP contribution is 2.19. The molecule has 156 valence electrons. The zero-order chi connectivity index (χ0) is 21.8. The molecule has 0 aliphatic carbocycles. The maximum atomic E-state index is 12.8. The number of nitrogens with one attached hydrogen (secondary N) is 2. The molecule has 0 aliphatic heterocycles. The first kappa shape index (κ1) is 21.3. The van der Waals surface area contributed by atoms with Crippen LogP contribution in [-0.4, -0.2) is 21.6 Å². The lowest BCUT2D eigenvalue weighted by Crippen LogP contribution is -2.26. The third kappa shape index (κ3) is 4.76. The van der Waals surface area contributed by atoms with E-state index in [2.05, 4.69) is 15.7 Å². The summed E-state index contributed by atoms with van der Waals surface area (Å²) in [5.74, 6) is -0.466. The predicted molar refractivity (Wildman–Crippen MR) is 120 cm³/mol. The maximum Gasteiger partial charge on any atom is 0.276 e. The fraction of sp³-hybridized carbons (Fsp3) is 0.292. The number of rotatable bonds is 6. The summed E-state index contributed by atoms with van der Waals surface area (Å²) < 4.78 is 1.55. The van der Waals surface area contributed by atoms with Crippen LogP contribution in [0.15, 0.2) is 48.7 Å². The van der Waals surface area contributed by atoms with Crippen molar-refractivity contribution in [3.63, 3.8) is 0 Å². The van der Waals surface area contributed by atoms with Crippen molar-refractivity contribution in [1.82, 2.24) is 9.78 Å². The number of amides is 2. The molecule has 6 heteroatoms. The molecule has 0 unspecified atom stereocenters. The molecule has 1 atom stereocenters. The topological polar surface area (TPSA) is 76.0 Å². The quantitative estimate of drug-likeness (QED) is 0.610. The highest BCUT2D eigenvalue weighted by Gasteiger charge is 2.21. The molecule has 0 saturated carbocycles. The molecular weight excluding hydrogens is 376 g/mol. The Morgan fingerprint density at radius 3 is 1.97 bits per heavy atom. The predicted octanol–water partition coefficient (Wildman–Crippen LogP) is 4.96. The first-order chi connectivity index (χ1) is 14.3. The van der Waals surface area contributed by atoms with Gasteiger partial charge in [0.05, 0.1) is 0 Å². The summed E-state index contributed by atoms with van der Waals surface area (Å²) in [6, 6.07) is 12.7. The fourth-order valence-corrected chi connectivity index (χ4v) is 3.18. The van der Waals surface area contributed by atoms with Crippen molar-refractivity contribution in [3.8, 4) is 0 Å². The molecule has 0 bridgehead atoms. The third-order valence-corrected chi connectivity index (χ3v) is 5.39. The van der Waals surface area contributed by atoms with Crippen LogP contribution in [0.5, 0.6) is 0 Å². The Balaban J connectivity index is 1.71. The zero-order valence-corrected chi connectivity index (χ0v) is 18.1. The smallest absolute Gasteiger partial charge is 0.276 e. The molecule has 1 aromatic heterocycles. The van der Waals surface area contributed by atoms with Gasteiger partial charge in [-0.05, 0) is 86.7 Å². The van der Waals surface area contributed by atoms with Crippen molar-refractivity contribution in [2.45, 2.75) is 47.1 Å². The lowest BCUT2D eigenvalue weighted by molar-refractivity contribution is -0.119. The van der Waals surface area contributed by atoms with Crippen LogP contribution in [0.4, 0.5) is 11.4 Å². The Kier molecular flexibility index (Phi) is 6.35. The van der Waals surface area contributed by atoms with Crippen LogP contribution in [0.25, 0.3) is 0 Å². The fourth-order valence-electron chi connectivity index (χ4n) is 3.18. The van der Waals surface area contributed by atoms with Crippen LogP contribution in [0.2, 0.25) is 0 Å². The summed E-state index contributed by atoms with van der Waals surface area (Å²) in [4.78, 5) is 25.4. The van der Waals surface area contributed by atoms with Crippen molar-refractivity contribution in [1.29, 1.82) is 0 Å². The molecule has 2 aromatic carbocycles.